The Kier molecular flexibility index (Phi) is 5.01. The van der Waals surface area contributed by atoms with Crippen molar-refractivity contribution in [2.75, 3.05) is 7.11 Å². The summed E-state index contributed by atoms with van der Waals surface area (Å²) in [6, 6.07) is 2.79. The van der Waals surface area contributed by atoms with Crippen LogP contribution in [0.25, 0.3) is 0 Å². The number of methoxy groups -OCH3 is 1. The molecule has 1 amide bonds. The molecule has 0 bridgehead atoms. The maximum atomic E-state index is 12.0. The maximum Gasteiger partial charge on any atom is 0.326 e. The third kappa shape index (κ3) is 3.22. The molecule has 0 aromatic heterocycles. The summed E-state index contributed by atoms with van der Waals surface area (Å²) in [5.74, 6) is -2.11. The number of carbonyl (C=O) groups excluding carboxylic acids is 1. The summed E-state index contributed by atoms with van der Waals surface area (Å²) in [5, 5.41) is 22.0. The lowest BCUT2D eigenvalue weighted by Crippen LogP contribution is -2.40. The van der Waals surface area contributed by atoms with Crippen LogP contribution >= 0.6 is 0 Å². The fourth-order valence-corrected chi connectivity index (χ4v) is 1.64. The molecule has 0 aliphatic rings. The van der Waals surface area contributed by atoms with Gasteiger partial charge < -0.3 is 15.2 Å². The van der Waals surface area contributed by atoms with Crippen molar-refractivity contribution < 1.29 is 24.4 Å². The van der Waals surface area contributed by atoms with Crippen LogP contribution in [0.2, 0.25) is 0 Å². The van der Waals surface area contributed by atoms with Crippen LogP contribution in [0.4, 0.5) is 5.69 Å². The van der Waals surface area contributed by atoms with Gasteiger partial charge in [0, 0.05) is 6.07 Å². The van der Waals surface area contributed by atoms with E-state index in [1.807, 2.05) is 0 Å². The molecule has 20 heavy (non-hydrogen) atoms. The van der Waals surface area contributed by atoms with Crippen LogP contribution in [0.3, 0.4) is 0 Å². The second-order valence-electron chi connectivity index (χ2n) is 3.89. The Hall–Kier alpha value is -2.64. The molecule has 0 unspecified atom stereocenters. The molecular formula is C12H14N2O6. The number of carboxylic acids is 1. The number of benzene rings is 1. The molecular weight excluding hydrogens is 268 g/mol. The molecule has 108 valence electrons. The van der Waals surface area contributed by atoms with Crippen molar-refractivity contribution in [2.24, 2.45) is 0 Å². The first-order valence-electron chi connectivity index (χ1n) is 5.77. The number of aliphatic carboxylic acids is 1. The highest BCUT2D eigenvalue weighted by Gasteiger charge is 2.25. The predicted octanol–water partition coefficient (Wildman–Crippen LogP) is 1.20. The minimum atomic E-state index is -1.18. The monoisotopic (exact) mass is 282 g/mol. The lowest BCUT2D eigenvalue weighted by atomic mass is 10.1. The zero-order valence-corrected chi connectivity index (χ0v) is 11.0. The fraction of sp³-hybridized carbons (Fsp3) is 0.333. The van der Waals surface area contributed by atoms with Gasteiger partial charge >= 0.3 is 11.7 Å². The number of carboxylic acid groups (broad SMARTS) is 1. The van der Waals surface area contributed by atoms with Crippen LogP contribution in [0.5, 0.6) is 5.75 Å². The molecule has 8 heteroatoms. The molecule has 1 atom stereocenters. The quantitative estimate of drug-likeness (QED) is 0.597. The van der Waals surface area contributed by atoms with Crippen molar-refractivity contribution >= 4 is 17.6 Å². The molecule has 0 heterocycles. The molecule has 1 rings (SSSR count). The average Bonchev–Trinajstić information content (AvgIpc) is 2.42. The van der Waals surface area contributed by atoms with Gasteiger partial charge in [0.25, 0.3) is 5.91 Å². The molecule has 0 saturated heterocycles. The standard InChI is InChI=1S/C12H14N2O6/c1-3-8(12(16)17)13-11(15)7-5-4-6-9(14(18)19)10(7)20-2/h4-6,8H,3H2,1-2H3,(H,13,15)(H,16,17)/t8-/m1/s1. The van der Waals surface area contributed by atoms with Crippen molar-refractivity contribution in [2.45, 2.75) is 19.4 Å². The summed E-state index contributed by atoms with van der Waals surface area (Å²) < 4.78 is 4.88. The molecule has 2 N–H and O–H groups in total. The molecule has 0 saturated carbocycles. The second-order valence-corrected chi connectivity index (χ2v) is 3.89. The number of amides is 1. The Bertz CT molecular complexity index is 543. The van der Waals surface area contributed by atoms with Gasteiger partial charge in [0.1, 0.15) is 6.04 Å². The zero-order chi connectivity index (χ0) is 15.3. The van der Waals surface area contributed by atoms with Gasteiger partial charge in [-0.2, -0.15) is 0 Å². The summed E-state index contributed by atoms with van der Waals surface area (Å²) in [5.41, 5.74) is -0.440. The van der Waals surface area contributed by atoms with Gasteiger partial charge in [0.2, 0.25) is 5.75 Å². The Morgan fingerprint density at radius 1 is 1.50 bits per heavy atom. The normalized spacial score (nSPS) is 11.5. The number of nitrogens with one attached hydrogen (secondary N) is 1. The van der Waals surface area contributed by atoms with Gasteiger partial charge in [-0.25, -0.2) is 4.79 Å². The van der Waals surface area contributed by atoms with Crippen LogP contribution in [-0.2, 0) is 4.79 Å². The number of rotatable bonds is 6. The third-order valence-corrected chi connectivity index (χ3v) is 2.65. The zero-order valence-electron chi connectivity index (χ0n) is 11.0. The highest BCUT2D eigenvalue weighted by molar-refractivity contribution is 6.00. The number of nitro groups is 1. The van der Waals surface area contributed by atoms with Crippen LogP contribution in [0, 0.1) is 10.1 Å². The van der Waals surface area contributed by atoms with Crippen molar-refractivity contribution in [3.05, 3.63) is 33.9 Å². The number of carbonyl (C=O) groups is 2. The van der Waals surface area contributed by atoms with Gasteiger partial charge in [0.05, 0.1) is 17.6 Å². The van der Waals surface area contributed by atoms with Gasteiger partial charge in [-0.1, -0.05) is 13.0 Å². The smallest absolute Gasteiger partial charge is 0.326 e. The lowest BCUT2D eigenvalue weighted by molar-refractivity contribution is -0.385. The van der Waals surface area contributed by atoms with Crippen molar-refractivity contribution in [3.63, 3.8) is 0 Å². The first-order valence-corrected chi connectivity index (χ1v) is 5.77. The highest BCUT2D eigenvalue weighted by Crippen LogP contribution is 2.30. The van der Waals surface area contributed by atoms with E-state index in [0.29, 0.717) is 0 Å². The molecule has 1 aromatic rings. The fourth-order valence-electron chi connectivity index (χ4n) is 1.64. The molecule has 0 fully saturated rings. The Morgan fingerprint density at radius 2 is 2.15 bits per heavy atom. The maximum absolute atomic E-state index is 12.0. The van der Waals surface area contributed by atoms with Crippen molar-refractivity contribution in [1.82, 2.24) is 5.32 Å². The number of hydrogen-bond acceptors (Lipinski definition) is 5. The Morgan fingerprint density at radius 3 is 2.60 bits per heavy atom. The number of hydrogen-bond donors (Lipinski definition) is 2. The third-order valence-electron chi connectivity index (χ3n) is 2.65. The van der Waals surface area contributed by atoms with E-state index in [1.54, 1.807) is 6.92 Å². The molecule has 0 spiro atoms. The van der Waals surface area contributed by atoms with E-state index >= 15 is 0 Å². The number of nitrogens with zero attached hydrogens (tertiary/aromatic N) is 1. The summed E-state index contributed by atoms with van der Waals surface area (Å²) in [7, 11) is 1.20. The molecule has 0 aliphatic heterocycles. The number of nitro benzene ring substituents is 1. The predicted molar refractivity (Wildman–Crippen MR) is 68.8 cm³/mol. The first-order chi connectivity index (χ1) is 9.42. The minimum absolute atomic E-state index is 0.0820. The van der Waals surface area contributed by atoms with Crippen LogP contribution in [-0.4, -0.2) is 35.1 Å². The van der Waals surface area contributed by atoms with E-state index < -0.39 is 22.8 Å². The van der Waals surface area contributed by atoms with Crippen LogP contribution in [0.15, 0.2) is 18.2 Å². The van der Waals surface area contributed by atoms with Crippen molar-refractivity contribution in [3.8, 4) is 5.75 Å². The van der Waals surface area contributed by atoms with E-state index in [1.165, 1.54) is 25.3 Å². The summed E-state index contributed by atoms with van der Waals surface area (Å²) in [4.78, 5) is 33.0. The van der Waals surface area contributed by atoms with E-state index in [4.69, 9.17) is 9.84 Å². The van der Waals surface area contributed by atoms with Gasteiger partial charge in [0.15, 0.2) is 0 Å². The number of ether oxygens (including phenoxy) is 1. The summed E-state index contributed by atoms with van der Waals surface area (Å²) in [6.07, 6.45) is 0.193. The van der Waals surface area contributed by atoms with Crippen LogP contribution in [0.1, 0.15) is 23.7 Å². The molecule has 8 nitrogen and oxygen atoms in total. The lowest BCUT2D eigenvalue weighted by Gasteiger charge is -2.13. The molecule has 0 radical (unpaired) electrons. The minimum Gasteiger partial charge on any atom is -0.490 e. The largest absolute Gasteiger partial charge is 0.490 e. The van der Waals surface area contributed by atoms with E-state index in [9.17, 15) is 19.7 Å². The Labute approximate surface area is 114 Å². The van der Waals surface area contributed by atoms with E-state index in [0.717, 1.165) is 0 Å². The summed E-state index contributed by atoms with van der Waals surface area (Å²) >= 11 is 0. The van der Waals surface area contributed by atoms with E-state index in [2.05, 4.69) is 5.32 Å². The Balaban J connectivity index is 3.13. The number of para-hydroxylation sites is 1. The second kappa shape index (κ2) is 6.50. The van der Waals surface area contributed by atoms with Crippen molar-refractivity contribution in [1.29, 1.82) is 0 Å². The highest BCUT2D eigenvalue weighted by atomic mass is 16.6. The summed E-state index contributed by atoms with van der Waals surface area (Å²) in [6.45, 7) is 1.60. The van der Waals surface area contributed by atoms with Gasteiger partial charge in [-0.05, 0) is 12.5 Å². The van der Waals surface area contributed by atoms with E-state index in [-0.39, 0.29) is 23.4 Å². The topological polar surface area (TPSA) is 119 Å². The first kappa shape index (κ1) is 15.4. The van der Waals surface area contributed by atoms with Crippen LogP contribution < -0.4 is 10.1 Å². The van der Waals surface area contributed by atoms with Gasteiger partial charge in [-0.15, -0.1) is 0 Å². The van der Waals surface area contributed by atoms with Gasteiger partial charge in [-0.3, -0.25) is 14.9 Å². The molecule has 1 aromatic carbocycles. The molecule has 0 aliphatic carbocycles. The average molecular weight is 282 g/mol. The SMILES string of the molecule is CC[C@@H](NC(=O)c1cccc([N+](=O)[O-])c1OC)C(=O)O.